The van der Waals surface area contributed by atoms with E-state index in [0.29, 0.717) is 31.0 Å². The summed E-state index contributed by atoms with van der Waals surface area (Å²) in [6.45, 7) is 7.03. The summed E-state index contributed by atoms with van der Waals surface area (Å²) in [4.78, 5) is 29.7. The minimum absolute atomic E-state index is 0.139. The highest BCUT2D eigenvalue weighted by atomic mass is 16.5. The van der Waals surface area contributed by atoms with Crippen molar-refractivity contribution in [2.75, 3.05) is 39.8 Å². The number of ether oxygens (including phenoxy) is 2. The molecule has 12 nitrogen and oxygen atoms in total. The average Bonchev–Trinajstić information content (AvgIpc) is 3.66. The molecule has 0 spiro atoms. The van der Waals surface area contributed by atoms with Gasteiger partial charge in [0, 0.05) is 56.2 Å². The molecule has 7 aromatic rings. The van der Waals surface area contributed by atoms with E-state index in [1.807, 2.05) is 102 Å². The zero-order chi connectivity index (χ0) is 36.0. The molecule has 1 aliphatic heterocycles. The van der Waals surface area contributed by atoms with Crippen molar-refractivity contribution in [2.45, 2.75) is 32.7 Å². The average molecular weight is 708 g/mol. The zero-order valence-electron chi connectivity index (χ0n) is 29.7. The van der Waals surface area contributed by atoms with Crippen LogP contribution in [0, 0.1) is 0 Å². The van der Waals surface area contributed by atoms with Crippen LogP contribution in [0.5, 0.6) is 11.5 Å². The molecule has 4 aromatic heterocycles. The van der Waals surface area contributed by atoms with Crippen molar-refractivity contribution < 1.29 is 9.47 Å². The van der Waals surface area contributed by atoms with E-state index in [9.17, 15) is 4.79 Å². The first-order chi connectivity index (χ1) is 26.1. The summed E-state index contributed by atoms with van der Waals surface area (Å²) < 4.78 is 13.5. The molecule has 0 unspecified atom stereocenters. The van der Waals surface area contributed by atoms with Gasteiger partial charge < -0.3 is 18.9 Å². The summed E-state index contributed by atoms with van der Waals surface area (Å²) in [5.41, 5.74) is 4.95. The summed E-state index contributed by atoms with van der Waals surface area (Å²) in [7, 11) is 1.64. The molecule has 53 heavy (non-hydrogen) atoms. The molecule has 5 heterocycles. The van der Waals surface area contributed by atoms with Crippen LogP contribution in [0.4, 0.5) is 0 Å². The van der Waals surface area contributed by atoms with Gasteiger partial charge >= 0.3 is 0 Å². The van der Waals surface area contributed by atoms with Gasteiger partial charge in [-0.25, -0.2) is 4.98 Å². The molecular formula is C41H41N9O3. The van der Waals surface area contributed by atoms with E-state index >= 15 is 0 Å². The van der Waals surface area contributed by atoms with Crippen molar-refractivity contribution in [2.24, 2.45) is 0 Å². The largest absolute Gasteiger partial charge is 0.497 e. The lowest BCUT2D eigenvalue weighted by atomic mass is 10.1. The normalized spacial score (nSPS) is 13.8. The monoisotopic (exact) mass is 707 g/mol. The van der Waals surface area contributed by atoms with Gasteiger partial charge in [-0.2, -0.15) is 4.80 Å². The van der Waals surface area contributed by atoms with Crippen LogP contribution < -0.4 is 15.0 Å². The predicted octanol–water partition coefficient (Wildman–Crippen LogP) is 5.44. The Bertz CT molecular complexity index is 2390. The van der Waals surface area contributed by atoms with Crippen molar-refractivity contribution in [3.05, 3.63) is 137 Å². The Labute approximate surface area is 307 Å². The molecule has 0 N–H and O–H groups in total. The van der Waals surface area contributed by atoms with Crippen LogP contribution in [-0.2, 0) is 26.2 Å². The van der Waals surface area contributed by atoms with Gasteiger partial charge in [0.25, 0.3) is 5.56 Å². The standard InChI is InChI=1S/C41H41N9O3/c1-52-35-15-16-39-32(25-35)26-37(41(51)49(39)19-7-18-47-20-22-48(23-21-47)28-33-10-4-5-17-42-33)40-44-46-50(45-40)27-30-8-6-11-36(24-30)53-29-34-14-13-31-9-2-3-12-38(31)43-34/h2-6,8-17,24-26H,7,18-23,27-29H2,1H3. The smallest absolute Gasteiger partial charge is 0.262 e. The maximum Gasteiger partial charge on any atom is 0.262 e. The second-order valence-electron chi connectivity index (χ2n) is 13.3. The Morgan fingerprint density at radius 2 is 1.60 bits per heavy atom. The first-order valence-corrected chi connectivity index (χ1v) is 18.0. The van der Waals surface area contributed by atoms with Crippen molar-refractivity contribution in [1.82, 2.24) is 44.5 Å². The lowest BCUT2D eigenvalue weighted by molar-refractivity contribution is 0.124. The number of nitrogens with zero attached hydrogens (tertiary/aromatic N) is 9. The van der Waals surface area contributed by atoms with E-state index in [4.69, 9.17) is 14.5 Å². The van der Waals surface area contributed by atoms with Crippen molar-refractivity contribution in [3.8, 4) is 22.9 Å². The zero-order valence-corrected chi connectivity index (χ0v) is 29.7. The van der Waals surface area contributed by atoms with E-state index in [2.05, 4.69) is 42.3 Å². The molecular weight excluding hydrogens is 667 g/mol. The second-order valence-corrected chi connectivity index (χ2v) is 13.3. The summed E-state index contributed by atoms with van der Waals surface area (Å²) >= 11 is 0. The van der Waals surface area contributed by atoms with Crippen LogP contribution in [0.3, 0.4) is 0 Å². The molecule has 0 atom stereocenters. The van der Waals surface area contributed by atoms with E-state index < -0.39 is 0 Å². The number of pyridine rings is 3. The Morgan fingerprint density at radius 3 is 2.47 bits per heavy atom. The van der Waals surface area contributed by atoms with Crippen LogP contribution in [0.15, 0.2) is 114 Å². The van der Waals surface area contributed by atoms with E-state index in [-0.39, 0.29) is 11.4 Å². The molecule has 0 saturated carbocycles. The summed E-state index contributed by atoms with van der Waals surface area (Å²) in [5.74, 6) is 1.72. The van der Waals surface area contributed by atoms with Crippen LogP contribution >= 0.6 is 0 Å². The number of aromatic nitrogens is 7. The van der Waals surface area contributed by atoms with Gasteiger partial charge in [0.2, 0.25) is 5.82 Å². The molecule has 0 amide bonds. The fourth-order valence-electron chi connectivity index (χ4n) is 6.88. The third-order valence-electron chi connectivity index (χ3n) is 9.69. The lowest BCUT2D eigenvalue weighted by Gasteiger charge is -2.34. The fraction of sp³-hybridized carbons (Fsp3) is 0.268. The van der Waals surface area contributed by atoms with Gasteiger partial charge in [0.15, 0.2) is 0 Å². The number of benzene rings is 3. The number of fused-ring (bicyclic) bond motifs is 2. The van der Waals surface area contributed by atoms with Gasteiger partial charge in [-0.3, -0.25) is 14.7 Å². The topological polar surface area (TPSA) is 116 Å². The number of piperazine rings is 1. The molecule has 8 rings (SSSR count). The minimum atomic E-state index is -0.139. The van der Waals surface area contributed by atoms with Crippen molar-refractivity contribution >= 4 is 21.8 Å². The van der Waals surface area contributed by atoms with Gasteiger partial charge in [0.05, 0.1) is 41.6 Å². The van der Waals surface area contributed by atoms with Crippen LogP contribution in [0.25, 0.3) is 33.2 Å². The van der Waals surface area contributed by atoms with E-state index in [0.717, 1.165) is 90.2 Å². The number of para-hydroxylation sites is 1. The highest BCUT2D eigenvalue weighted by molar-refractivity contribution is 5.84. The third-order valence-corrected chi connectivity index (χ3v) is 9.69. The summed E-state index contributed by atoms with van der Waals surface area (Å²) in [6.07, 6.45) is 2.68. The van der Waals surface area contributed by atoms with Gasteiger partial charge in [0.1, 0.15) is 18.1 Å². The Morgan fingerprint density at radius 1 is 0.736 bits per heavy atom. The molecule has 12 heteroatoms. The summed E-state index contributed by atoms with van der Waals surface area (Å²) in [5, 5.41) is 15.3. The fourth-order valence-corrected chi connectivity index (χ4v) is 6.88. The maximum atomic E-state index is 14.1. The van der Waals surface area contributed by atoms with Crippen LogP contribution in [0.1, 0.15) is 23.4 Å². The maximum absolute atomic E-state index is 14.1. The van der Waals surface area contributed by atoms with Crippen molar-refractivity contribution in [1.29, 1.82) is 0 Å². The Hall–Kier alpha value is -5.98. The van der Waals surface area contributed by atoms with Crippen LogP contribution in [-0.4, -0.2) is 84.4 Å². The quantitative estimate of drug-likeness (QED) is 0.153. The molecule has 1 saturated heterocycles. The highest BCUT2D eigenvalue weighted by Crippen LogP contribution is 2.24. The van der Waals surface area contributed by atoms with Gasteiger partial charge in [-0.05, 0) is 84.4 Å². The lowest BCUT2D eigenvalue weighted by Crippen LogP contribution is -2.46. The predicted molar refractivity (Wildman–Crippen MR) is 204 cm³/mol. The second kappa shape index (κ2) is 15.7. The highest BCUT2D eigenvalue weighted by Gasteiger charge is 2.19. The Balaban J connectivity index is 0.939. The summed E-state index contributed by atoms with van der Waals surface area (Å²) in [6, 6.07) is 33.6. The molecule has 3 aromatic carbocycles. The third kappa shape index (κ3) is 8.09. The van der Waals surface area contributed by atoms with E-state index in [1.165, 1.54) is 4.80 Å². The number of hydrogen-bond donors (Lipinski definition) is 0. The van der Waals surface area contributed by atoms with Crippen LogP contribution in [0.2, 0.25) is 0 Å². The minimum Gasteiger partial charge on any atom is -0.497 e. The molecule has 0 aliphatic carbocycles. The number of aryl methyl sites for hydroxylation is 1. The van der Waals surface area contributed by atoms with E-state index in [1.54, 1.807) is 7.11 Å². The first kappa shape index (κ1) is 34.1. The number of hydrogen-bond acceptors (Lipinski definition) is 10. The molecule has 0 bridgehead atoms. The first-order valence-electron chi connectivity index (χ1n) is 18.0. The molecule has 0 radical (unpaired) electrons. The van der Waals surface area contributed by atoms with Crippen molar-refractivity contribution in [3.63, 3.8) is 0 Å². The van der Waals surface area contributed by atoms with Gasteiger partial charge in [-0.15, -0.1) is 10.2 Å². The molecule has 268 valence electrons. The number of tetrazole rings is 1. The Kier molecular flexibility index (Phi) is 10.1. The van der Waals surface area contributed by atoms with Gasteiger partial charge in [-0.1, -0.05) is 42.5 Å². The molecule has 1 fully saturated rings. The molecule has 1 aliphatic rings. The number of rotatable bonds is 13. The number of methoxy groups -OCH3 is 1. The SMILES string of the molecule is COc1ccc2c(c1)cc(-c1nnn(Cc3cccc(OCc4ccc5ccccc5n4)c3)n1)c(=O)n2CCCN1CCN(Cc2ccccn2)CC1.